The standard InChI is InChI=1S/C19H16FN5O3S/c1-2-12-15(10-3-5-11(20)6-4-10)17-22-21-16-13(25(17)23-12)7-8-24(18(16)26)14(9-29)19(27)28/h3-8,14,29H,2,9H2,1H3,(H,27,28)/t14-/m0/s1. The van der Waals surface area contributed by atoms with Gasteiger partial charge in [-0.2, -0.15) is 17.7 Å². The van der Waals surface area contributed by atoms with Crippen molar-refractivity contribution in [2.75, 3.05) is 5.75 Å². The number of aryl methyl sites for hydroxylation is 1. The Morgan fingerprint density at radius 1 is 1.24 bits per heavy atom. The molecule has 0 saturated carbocycles. The van der Waals surface area contributed by atoms with Gasteiger partial charge in [0.25, 0.3) is 5.56 Å². The zero-order chi connectivity index (χ0) is 20.7. The third-order valence-electron chi connectivity index (χ3n) is 4.74. The van der Waals surface area contributed by atoms with Crippen LogP contribution in [0.25, 0.3) is 27.8 Å². The maximum atomic E-state index is 13.3. The Balaban J connectivity index is 2.00. The SMILES string of the molecule is CCc1nn2c(nnc3c(=O)n([C@@H](CS)C(=O)O)ccc32)c1-c1ccc(F)cc1. The van der Waals surface area contributed by atoms with Crippen LogP contribution in [0.4, 0.5) is 4.39 Å². The molecule has 0 bridgehead atoms. The number of carboxylic acid groups (broad SMARTS) is 1. The van der Waals surface area contributed by atoms with Gasteiger partial charge in [-0.25, -0.2) is 13.7 Å². The van der Waals surface area contributed by atoms with E-state index in [0.717, 1.165) is 15.8 Å². The molecule has 0 spiro atoms. The number of benzene rings is 1. The molecule has 0 aliphatic carbocycles. The Kier molecular flexibility index (Phi) is 4.79. The van der Waals surface area contributed by atoms with Crippen molar-refractivity contribution in [1.82, 2.24) is 24.4 Å². The molecule has 3 heterocycles. The van der Waals surface area contributed by atoms with Crippen LogP contribution in [0.2, 0.25) is 0 Å². The molecule has 3 aromatic heterocycles. The lowest BCUT2D eigenvalue weighted by Gasteiger charge is -2.13. The highest BCUT2D eigenvalue weighted by Crippen LogP contribution is 2.29. The summed E-state index contributed by atoms with van der Waals surface area (Å²) in [4.78, 5) is 24.2. The van der Waals surface area contributed by atoms with Gasteiger partial charge in [0.05, 0.1) is 11.3 Å². The average Bonchev–Trinajstić information content (AvgIpc) is 3.09. The van der Waals surface area contributed by atoms with E-state index < -0.39 is 17.6 Å². The molecule has 1 aromatic carbocycles. The first kappa shape index (κ1) is 19.1. The summed E-state index contributed by atoms with van der Waals surface area (Å²) < 4.78 is 15.9. The lowest BCUT2D eigenvalue weighted by molar-refractivity contribution is -0.140. The second kappa shape index (κ2) is 7.28. The molecule has 8 nitrogen and oxygen atoms in total. The number of fused-ring (bicyclic) bond motifs is 3. The summed E-state index contributed by atoms with van der Waals surface area (Å²) in [5.41, 5.74) is 2.43. The van der Waals surface area contributed by atoms with Gasteiger partial charge in [0.2, 0.25) is 0 Å². The van der Waals surface area contributed by atoms with Crippen LogP contribution in [0, 0.1) is 5.82 Å². The molecule has 0 radical (unpaired) electrons. The largest absolute Gasteiger partial charge is 0.480 e. The number of rotatable bonds is 5. The number of aromatic nitrogens is 5. The molecular weight excluding hydrogens is 397 g/mol. The van der Waals surface area contributed by atoms with Crippen LogP contribution in [0.3, 0.4) is 0 Å². The van der Waals surface area contributed by atoms with Crippen LogP contribution >= 0.6 is 12.6 Å². The van der Waals surface area contributed by atoms with Gasteiger partial charge in [-0.15, -0.1) is 10.2 Å². The van der Waals surface area contributed by atoms with Crippen molar-refractivity contribution in [2.45, 2.75) is 19.4 Å². The topological polar surface area (TPSA) is 102 Å². The number of carboxylic acids is 1. The number of thiol groups is 1. The van der Waals surface area contributed by atoms with Crippen molar-refractivity contribution in [3.8, 4) is 11.1 Å². The van der Waals surface area contributed by atoms with Gasteiger partial charge < -0.3 is 5.11 Å². The first-order valence-electron chi connectivity index (χ1n) is 8.85. The zero-order valence-electron chi connectivity index (χ0n) is 15.3. The minimum atomic E-state index is -1.17. The predicted octanol–water partition coefficient (Wildman–Crippen LogP) is 2.36. The fraction of sp³-hybridized carbons (Fsp3) is 0.211. The third kappa shape index (κ3) is 3.05. The second-order valence-electron chi connectivity index (χ2n) is 6.42. The van der Waals surface area contributed by atoms with E-state index in [1.165, 1.54) is 22.8 Å². The number of nitrogens with zero attached hydrogens (tertiary/aromatic N) is 5. The summed E-state index contributed by atoms with van der Waals surface area (Å²) in [6.07, 6.45) is 1.99. The molecular formula is C19H16FN5O3S. The summed E-state index contributed by atoms with van der Waals surface area (Å²) in [7, 11) is 0. The quantitative estimate of drug-likeness (QED) is 0.487. The number of aliphatic carboxylic acids is 1. The molecule has 4 rings (SSSR count). The molecule has 0 amide bonds. The Morgan fingerprint density at radius 3 is 2.59 bits per heavy atom. The number of carbonyl (C=O) groups is 1. The molecule has 10 heteroatoms. The van der Waals surface area contributed by atoms with Gasteiger partial charge in [-0.3, -0.25) is 9.36 Å². The minimum Gasteiger partial charge on any atom is -0.480 e. The number of hydrogen-bond acceptors (Lipinski definition) is 6. The van der Waals surface area contributed by atoms with E-state index in [2.05, 4.69) is 27.9 Å². The molecule has 148 valence electrons. The Labute approximate surface area is 169 Å². The highest BCUT2D eigenvalue weighted by atomic mass is 32.1. The van der Waals surface area contributed by atoms with Crippen LogP contribution in [-0.2, 0) is 11.2 Å². The predicted molar refractivity (Wildman–Crippen MR) is 108 cm³/mol. The molecule has 4 aromatic rings. The lowest BCUT2D eigenvalue weighted by atomic mass is 10.0. The summed E-state index contributed by atoms with van der Waals surface area (Å²) in [6, 6.07) is 6.45. The lowest BCUT2D eigenvalue weighted by Crippen LogP contribution is -2.31. The number of halogens is 1. The molecule has 1 N–H and O–H groups in total. The molecule has 1 atom stereocenters. The van der Waals surface area contributed by atoms with Crippen LogP contribution in [0.15, 0.2) is 41.3 Å². The molecule has 29 heavy (non-hydrogen) atoms. The van der Waals surface area contributed by atoms with Crippen molar-refractivity contribution in [2.24, 2.45) is 0 Å². The van der Waals surface area contributed by atoms with Crippen molar-refractivity contribution >= 4 is 35.3 Å². The Bertz CT molecular complexity index is 1300. The van der Waals surface area contributed by atoms with Gasteiger partial charge in [0, 0.05) is 11.9 Å². The number of hydrogen-bond donors (Lipinski definition) is 2. The molecule has 0 aliphatic rings. The van der Waals surface area contributed by atoms with Gasteiger partial charge in [0.15, 0.2) is 11.2 Å². The summed E-state index contributed by atoms with van der Waals surface area (Å²) >= 11 is 4.02. The van der Waals surface area contributed by atoms with Crippen molar-refractivity contribution in [3.05, 3.63) is 58.4 Å². The van der Waals surface area contributed by atoms with E-state index in [1.807, 2.05) is 6.92 Å². The van der Waals surface area contributed by atoms with Gasteiger partial charge in [-0.05, 0) is 30.2 Å². The third-order valence-corrected chi connectivity index (χ3v) is 5.09. The van der Waals surface area contributed by atoms with Crippen molar-refractivity contribution in [3.63, 3.8) is 0 Å². The summed E-state index contributed by atoms with van der Waals surface area (Å²) in [5.74, 6) is -1.56. The molecule has 0 saturated heterocycles. The van der Waals surface area contributed by atoms with Gasteiger partial charge >= 0.3 is 5.97 Å². The maximum absolute atomic E-state index is 13.3. The average molecular weight is 413 g/mol. The van der Waals surface area contributed by atoms with Crippen LogP contribution < -0.4 is 5.56 Å². The second-order valence-corrected chi connectivity index (χ2v) is 6.78. The van der Waals surface area contributed by atoms with E-state index in [1.54, 1.807) is 18.2 Å². The van der Waals surface area contributed by atoms with Crippen molar-refractivity contribution in [1.29, 1.82) is 0 Å². The van der Waals surface area contributed by atoms with E-state index in [0.29, 0.717) is 23.1 Å². The normalized spacial score (nSPS) is 12.5. The van der Waals surface area contributed by atoms with Crippen LogP contribution in [-0.4, -0.2) is 41.2 Å². The molecule has 0 aliphatic heterocycles. The van der Waals surface area contributed by atoms with Crippen LogP contribution in [0.5, 0.6) is 0 Å². The fourth-order valence-corrected chi connectivity index (χ4v) is 3.63. The summed E-state index contributed by atoms with van der Waals surface area (Å²) in [5, 5.41) is 22.1. The number of pyridine rings is 1. The monoisotopic (exact) mass is 413 g/mol. The Morgan fingerprint density at radius 2 is 1.97 bits per heavy atom. The maximum Gasteiger partial charge on any atom is 0.327 e. The highest BCUT2D eigenvalue weighted by molar-refractivity contribution is 7.80. The Hall–Kier alpha value is -3.27. The van der Waals surface area contributed by atoms with Crippen molar-refractivity contribution < 1.29 is 14.3 Å². The van der Waals surface area contributed by atoms with E-state index >= 15 is 0 Å². The first-order valence-corrected chi connectivity index (χ1v) is 9.48. The molecule has 0 fully saturated rings. The first-order chi connectivity index (χ1) is 14.0. The smallest absolute Gasteiger partial charge is 0.327 e. The van der Waals surface area contributed by atoms with E-state index in [9.17, 15) is 19.1 Å². The molecule has 0 unspecified atom stereocenters. The van der Waals surface area contributed by atoms with Gasteiger partial charge in [-0.1, -0.05) is 19.1 Å². The fourth-order valence-electron chi connectivity index (χ4n) is 3.30. The van der Waals surface area contributed by atoms with Gasteiger partial charge in [0.1, 0.15) is 17.4 Å². The van der Waals surface area contributed by atoms with Crippen LogP contribution in [0.1, 0.15) is 18.7 Å². The highest BCUT2D eigenvalue weighted by Gasteiger charge is 2.23. The van der Waals surface area contributed by atoms with E-state index in [4.69, 9.17) is 0 Å². The minimum absolute atomic E-state index is 0.00356. The van der Waals surface area contributed by atoms with E-state index in [-0.39, 0.29) is 17.1 Å². The summed E-state index contributed by atoms with van der Waals surface area (Å²) in [6.45, 7) is 1.93. The zero-order valence-corrected chi connectivity index (χ0v) is 16.2.